The zero-order chi connectivity index (χ0) is 14.7. The number of phenolic OH excluding ortho intramolecular Hbond substituents is 1. The van der Waals surface area contributed by atoms with Gasteiger partial charge >= 0.3 is 0 Å². The first kappa shape index (κ1) is 13.6. The van der Waals surface area contributed by atoms with Gasteiger partial charge in [-0.15, -0.1) is 22.7 Å². The molecule has 21 heavy (non-hydrogen) atoms. The van der Waals surface area contributed by atoms with Gasteiger partial charge in [0.1, 0.15) is 16.8 Å². The quantitative estimate of drug-likeness (QED) is 0.717. The molecule has 1 aromatic carbocycles. The van der Waals surface area contributed by atoms with Gasteiger partial charge in [0, 0.05) is 5.38 Å². The second-order valence-electron chi connectivity index (χ2n) is 4.28. The minimum Gasteiger partial charge on any atom is -0.508 e. The van der Waals surface area contributed by atoms with Crippen molar-refractivity contribution in [2.75, 3.05) is 0 Å². The summed E-state index contributed by atoms with van der Waals surface area (Å²) in [6, 6.07) is 12.9. The Balaban J connectivity index is 1.94. The highest BCUT2D eigenvalue weighted by Gasteiger charge is 2.09. The van der Waals surface area contributed by atoms with Crippen LogP contribution in [0.1, 0.15) is 10.6 Å². The van der Waals surface area contributed by atoms with Crippen molar-refractivity contribution in [1.82, 2.24) is 4.98 Å². The minimum atomic E-state index is 0.208. The lowest BCUT2D eigenvalue weighted by Gasteiger charge is -1.96. The standard InChI is InChI=1S/C16H10N2OS2/c17-9-12(8-11-3-5-13(19)6-4-11)16-18-14(10-21-16)15-2-1-7-20-15/h1-8,10,19H. The maximum Gasteiger partial charge on any atom is 0.134 e. The van der Waals surface area contributed by atoms with E-state index in [0.717, 1.165) is 16.1 Å². The Kier molecular flexibility index (Phi) is 3.82. The molecule has 0 aliphatic carbocycles. The van der Waals surface area contributed by atoms with Gasteiger partial charge < -0.3 is 5.11 Å². The molecule has 3 rings (SSSR count). The third kappa shape index (κ3) is 3.02. The SMILES string of the molecule is N#CC(=Cc1ccc(O)cc1)c1nc(-c2cccs2)cs1. The fourth-order valence-electron chi connectivity index (χ4n) is 1.81. The van der Waals surface area contributed by atoms with E-state index in [1.54, 1.807) is 41.7 Å². The number of thiazole rings is 1. The van der Waals surface area contributed by atoms with E-state index in [-0.39, 0.29) is 5.75 Å². The molecule has 0 bridgehead atoms. The molecule has 0 saturated carbocycles. The van der Waals surface area contributed by atoms with E-state index in [2.05, 4.69) is 11.1 Å². The number of allylic oxidation sites excluding steroid dienone is 1. The molecule has 0 saturated heterocycles. The number of nitriles is 1. The maximum atomic E-state index is 9.34. The molecule has 0 spiro atoms. The molecule has 0 fully saturated rings. The zero-order valence-corrected chi connectivity index (χ0v) is 12.5. The van der Waals surface area contributed by atoms with Crippen LogP contribution in [-0.4, -0.2) is 10.1 Å². The Bertz CT molecular complexity index is 809. The number of hydrogen-bond donors (Lipinski definition) is 1. The van der Waals surface area contributed by atoms with Crippen LogP contribution in [0.5, 0.6) is 5.75 Å². The van der Waals surface area contributed by atoms with Crippen molar-refractivity contribution >= 4 is 34.3 Å². The summed E-state index contributed by atoms with van der Waals surface area (Å²) in [5.74, 6) is 0.208. The molecule has 0 aliphatic rings. The van der Waals surface area contributed by atoms with Gasteiger partial charge in [-0.2, -0.15) is 5.26 Å². The third-order valence-corrected chi connectivity index (χ3v) is 4.60. The number of nitrogens with zero attached hydrogens (tertiary/aromatic N) is 2. The Labute approximate surface area is 130 Å². The smallest absolute Gasteiger partial charge is 0.134 e. The number of thiophene rings is 1. The monoisotopic (exact) mass is 310 g/mol. The van der Waals surface area contributed by atoms with Crippen molar-refractivity contribution in [2.24, 2.45) is 0 Å². The van der Waals surface area contributed by atoms with E-state index in [9.17, 15) is 10.4 Å². The van der Waals surface area contributed by atoms with E-state index < -0.39 is 0 Å². The molecule has 2 heterocycles. The second-order valence-corrected chi connectivity index (χ2v) is 6.08. The third-order valence-electron chi connectivity index (χ3n) is 2.83. The molecule has 0 atom stereocenters. The first-order chi connectivity index (χ1) is 10.3. The van der Waals surface area contributed by atoms with E-state index in [0.29, 0.717) is 10.6 Å². The van der Waals surface area contributed by atoms with Crippen LogP contribution in [0.15, 0.2) is 47.2 Å². The van der Waals surface area contributed by atoms with Crippen molar-refractivity contribution < 1.29 is 5.11 Å². The van der Waals surface area contributed by atoms with Crippen LogP contribution in [0, 0.1) is 11.3 Å². The lowest BCUT2D eigenvalue weighted by Crippen LogP contribution is -1.81. The summed E-state index contributed by atoms with van der Waals surface area (Å²) in [6.07, 6.45) is 1.77. The average molecular weight is 310 g/mol. The summed E-state index contributed by atoms with van der Waals surface area (Å²) in [6.45, 7) is 0. The molecule has 0 radical (unpaired) electrons. The van der Waals surface area contributed by atoms with Crippen LogP contribution < -0.4 is 0 Å². The van der Waals surface area contributed by atoms with Gasteiger partial charge in [-0.1, -0.05) is 18.2 Å². The first-order valence-electron chi connectivity index (χ1n) is 6.17. The second kappa shape index (κ2) is 5.92. The molecule has 5 heteroatoms. The van der Waals surface area contributed by atoms with Crippen LogP contribution in [-0.2, 0) is 0 Å². The molecule has 3 aromatic rings. The van der Waals surface area contributed by atoms with Crippen molar-refractivity contribution in [2.45, 2.75) is 0 Å². The van der Waals surface area contributed by atoms with Crippen molar-refractivity contribution in [3.63, 3.8) is 0 Å². The predicted molar refractivity (Wildman–Crippen MR) is 87.0 cm³/mol. The molecule has 1 N–H and O–H groups in total. The van der Waals surface area contributed by atoms with Gasteiger partial charge in [0.05, 0.1) is 16.1 Å². The van der Waals surface area contributed by atoms with Crippen LogP contribution in [0.25, 0.3) is 22.2 Å². The largest absolute Gasteiger partial charge is 0.508 e. The first-order valence-corrected chi connectivity index (χ1v) is 7.93. The number of phenols is 1. The lowest BCUT2D eigenvalue weighted by molar-refractivity contribution is 0.475. The van der Waals surface area contributed by atoms with E-state index in [4.69, 9.17) is 0 Å². The normalized spacial score (nSPS) is 11.3. The number of aromatic nitrogens is 1. The summed E-state index contributed by atoms with van der Waals surface area (Å²) < 4.78 is 0. The molecular weight excluding hydrogens is 300 g/mol. The molecule has 0 unspecified atom stereocenters. The van der Waals surface area contributed by atoms with Crippen LogP contribution >= 0.6 is 22.7 Å². The van der Waals surface area contributed by atoms with Gasteiger partial charge in [-0.3, -0.25) is 0 Å². The van der Waals surface area contributed by atoms with Gasteiger partial charge in [0.25, 0.3) is 0 Å². The maximum absolute atomic E-state index is 9.34. The van der Waals surface area contributed by atoms with Crippen molar-refractivity contribution in [3.8, 4) is 22.4 Å². The van der Waals surface area contributed by atoms with E-state index >= 15 is 0 Å². The highest BCUT2D eigenvalue weighted by molar-refractivity contribution is 7.14. The number of benzene rings is 1. The lowest BCUT2D eigenvalue weighted by atomic mass is 10.1. The number of aromatic hydroxyl groups is 1. The summed E-state index contributed by atoms with van der Waals surface area (Å²) in [4.78, 5) is 5.62. The Morgan fingerprint density at radius 2 is 2.00 bits per heavy atom. The van der Waals surface area contributed by atoms with Gasteiger partial charge in [-0.25, -0.2) is 4.98 Å². The fraction of sp³-hybridized carbons (Fsp3) is 0. The molecule has 102 valence electrons. The highest BCUT2D eigenvalue weighted by atomic mass is 32.1. The van der Waals surface area contributed by atoms with Gasteiger partial charge in [-0.05, 0) is 35.2 Å². The van der Waals surface area contributed by atoms with Crippen LogP contribution in [0.2, 0.25) is 0 Å². The van der Waals surface area contributed by atoms with Crippen molar-refractivity contribution in [1.29, 1.82) is 5.26 Å². The minimum absolute atomic E-state index is 0.208. The summed E-state index contributed by atoms with van der Waals surface area (Å²) in [5, 5.41) is 23.3. The molecular formula is C16H10N2OS2. The van der Waals surface area contributed by atoms with E-state index in [1.165, 1.54) is 11.3 Å². The summed E-state index contributed by atoms with van der Waals surface area (Å²) in [7, 11) is 0. The number of rotatable bonds is 3. The van der Waals surface area contributed by atoms with E-state index in [1.807, 2.05) is 22.9 Å². The Morgan fingerprint density at radius 1 is 1.19 bits per heavy atom. The van der Waals surface area contributed by atoms with Crippen LogP contribution in [0.4, 0.5) is 0 Å². The average Bonchev–Trinajstić information content (AvgIpc) is 3.17. The Hall–Kier alpha value is -2.42. The number of hydrogen-bond acceptors (Lipinski definition) is 5. The van der Waals surface area contributed by atoms with Crippen LogP contribution in [0.3, 0.4) is 0 Å². The van der Waals surface area contributed by atoms with Gasteiger partial charge in [0.2, 0.25) is 0 Å². The zero-order valence-electron chi connectivity index (χ0n) is 10.9. The summed E-state index contributed by atoms with van der Waals surface area (Å²) in [5.41, 5.74) is 2.28. The predicted octanol–water partition coefficient (Wildman–Crippen LogP) is 4.64. The summed E-state index contributed by atoms with van der Waals surface area (Å²) >= 11 is 3.09. The Morgan fingerprint density at radius 3 is 2.67 bits per heavy atom. The fourth-order valence-corrected chi connectivity index (χ4v) is 3.36. The topological polar surface area (TPSA) is 56.9 Å². The van der Waals surface area contributed by atoms with Crippen molar-refractivity contribution in [3.05, 3.63) is 57.7 Å². The molecule has 0 amide bonds. The molecule has 3 nitrogen and oxygen atoms in total. The highest BCUT2D eigenvalue weighted by Crippen LogP contribution is 2.29. The molecule has 2 aromatic heterocycles. The van der Waals surface area contributed by atoms with Gasteiger partial charge in [0.15, 0.2) is 0 Å². The molecule has 0 aliphatic heterocycles.